The highest BCUT2D eigenvalue weighted by atomic mass is 35.5. The molecule has 1 amide bonds. The average molecular weight is 425 g/mol. The molecule has 0 saturated carbocycles. The summed E-state index contributed by atoms with van der Waals surface area (Å²) in [5.74, 6) is -0.997. The van der Waals surface area contributed by atoms with Gasteiger partial charge in [-0.15, -0.1) is 0 Å². The summed E-state index contributed by atoms with van der Waals surface area (Å²) in [5.41, 5.74) is 1.09. The Balaban J connectivity index is 2.03. The molecule has 0 aliphatic carbocycles. The number of esters is 1. The minimum atomic E-state index is -3.95. The number of sulfonamides is 1. The molecule has 7 nitrogen and oxygen atoms in total. The molecule has 2 rings (SSSR count). The molecule has 0 heterocycles. The summed E-state index contributed by atoms with van der Waals surface area (Å²) in [5, 5.41) is 3.00. The summed E-state index contributed by atoms with van der Waals surface area (Å²) in [7, 11) is -3.95. The maximum Gasteiger partial charge on any atom is 0.324 e. The van der Waals surface area contributed by atoms with Crippen LogP contribution in [-0.4, -0.2) is 26.3 Å². The van der Waals surface area contributed by atoms with Gasteiger partial charge in [-0.25, -0.2) is 8.42 Å². The van der Waals surface area contributed by atoms with E-state index in [9.17, 15) is 18.0 Å². The minimum Gasteiger partial charge on any atom is -0.457 e. The summed E-state index contributed by atoms with van der Waals surface area (Å²) in [6.45, 7) is 4.40. The molecule has 28 heavy (non-hydrogen) atoms. The zero-order valence-electron chi connectivity index (χ0n) is 15.6. The van der Waals surface area contributed by atoms with Crippen LogP contribution in [0.15, 0.2) is 53.4 Å². The lowest BCUT2D eigenvalue weighted by Gasteiger charge is -2.19. The third-order valence-corrected chi connectivity index (χ3v) is 5.71. The maximum atomic E-state index is 12.5. The van der Waals surface area contributed by atoms with E-state index in [0.29, 0.717) is 16.3 Å². The van der Waals surface area contributed by atoms with Gasteiger partial charge >= 0.3 is 5.97 Å². The SMILES string of the molecule is CC(=O)Nc1ccc(S(=O)(=O)N[C@@H](C)C(=O)O[C@H](C)c2ccccc2Cl)cc1. The lowest BCUT2D eigenvalue weighted by Crippen LogP contribution is -2.39. The van der Waals surface area contributed by atoms with E-state index in [1.807, 2.05) is 0 Å². The Morgan fingerprint density at radius 2 is 1.64 bits per heavy atom. The fraction of sp³-hybridized carbons (Fsp3) is 0.263. The van der Waals surface area contributed by atoms with Crippen LogP contribution in [0.2, 0.25) is 5.02 Å². The van der Waals surface area contributed by atoms with Crippen molar-refractivity contribution in [3.05, 3.63) is 59.1 Å². The van der Waals surface area contributed by atoms with Crippen molar-refractivity contribution in [2.45, 2.75) is 37.8 Å². The molecule has 9 heteroatoms. The van der Waals surface area contributed by atoms with Crippen molar-refractivity contribution in [2.75, 3.05) is 5.32 Å². The Hall–Kier alpha value is -2.42. The first-order valence-electron chi connectivity index (χ1n) is 8.45. The molecule has 0 bridgehead atoms. The van der Waals surface area contributed by atoms with Crippen molar-refractivity contribution in [1.82, 2.24) is 4.72 Å². The number of rotatable bonds is 7. The second-order valence-electron chi connectivity index (χ2n) is 6.15. The lowest BCUT2D eigenvalue weighted by atomic mass is 10.1. The van der Waals surface area contributed by atoms with Crippen molar-refractivity contribution in [3.63, 3.8) is 0 Å². The van der Waals surface area contributed by atoms with Gasteiger partial charge in [0.05, 0.1) is 4.90 Å². The number of carbonyl (C=O) groups excluding carboxylic acids is 2. The van der Waals surface area contributed by atoms with E-state index >= 15 is 0 Å². The van der Waals surface area contributed by atoms with Crippen molar-refractivity contribution in [2.24, 2.45) is 0 Å². The van der Waals surface area contributed by atoms with Crippen LogP contribution >= 0.6 is 11.6 Å². The molecule has 0 fully saturated rings. The molecular weight excluding hydrogens is 404 g/mol. The number of ether oxygens (including phenoxy) is 1. The molecule has 0 aliphatic heterocycles. The third kappa shape index (κ3) is 5.79. The van der Waals surface area contributed by atoms with Crippen molar-refractivity contribution in [3.8, 4) is 0 Å². The van der Waals surface area contributed by atoms with Crippen molar-refractivity contribution in [1.29, 1.82) is 0 Å². The Labute approximate surface area is 169 Å². The molecule has 2 atom stereocenters. The fourth-order valence-corrected chi connectivity index (χ4v) is 3.90. The van der Waals surface area contributed by atoms with Crippen molar-refractivity contribution < 1.29 is 22.7 Å². The van der Waals surface area contributed by atoms with Crippen LogP contribution in [0.25, 0.3) is 0 Å². The van der Waals surface area contributed by atoms with Gasteiger partial charge in [-0.3, -0.25) is 9.59 Å². The van der Waals surface area contributed by atoms with Gasteiger partial charge in [0.1, 0.15) is 12.1 Å². The number of amides is 1. The van der Waals surface area contributed by atoms with E-state index in [4.69, 9.17) is 16.3 Å². The highest BCUT2D eigenvalue weighted by molar-refractivity contribution is 7.89. The average Bonchev–Trinajstić information content (AvgIpc) is 2.61. The molecule has 2 aromatic carbocycles. The van der Waals surface area contributed by atoms with E-state index < -0.39 is 28.1 Å². The van der Waals surface area contributed by atoms with Crippen LogP contribution in [0.4, 0.5) is 5.69 Å². The van der Waals surface area contributed by atoms with Crippen molar-refractivity contribution >= 4 is 39.2 Å². The Bertz CT molecular complexity index is 961. The number of hydrogen-bond acceptors (Lipinski definition) is 5. The van der Waals surface area contributed by atoms with Crippen LogP contribution in [0, 0.1) is 0 Å². The first-order chi connectivity index (χ1) is 13.1. The van der Waals surface area contributed by atoms with Gasteiger partial charge in [0.25, 0.3) is 0 Å². The highest BCUT2D eigenvalue weighted by Gasteiger charge is 2.25. The summed E-state index contributed by atoms with van der Waals surface area (Å²) in [4.78, 5) is 23.3. The maximum absolute atomic E-state index is 12.5. The molecular formula is C19H21ClN2O5S. The van der Waals surface area contributed by atoms with Gasteiger partial charge in [0.15, 0.2) is 0 Å². The number of hydrogen-bond donors (Lipinski definition) is 2. The zero-order valence-corrected chi connectivity index (χ0v) is 17.2. The summed E-state index contributed by atoms with van der Waals surface area (Å²) in [6.07, 6.45) is -0.634. The molecule has 0 aliphatic rings. The zero-order chi connectivity index (χ0) is 20.9. The van der Waals surface area contributed by atoms with Gasteiger partial charge in [0.2, 0.25) is 15.9 Å². The predicted molar refractivity (Wildman–Crippen MR) is 106 cm³/mol. The molecule has 2 N–H and O–H groups in total. The number of halogens is 1. The first-order valence-corrected chi connectivity index (χ1v) is 10.3. The highest BCUT2D eigenvalue weighted by Crippen LogP contribution is 2.25. The molecule has 0 aromatic heterocycles. The minimum absolute atomic E-state index is 0.0413. The standard InChI is InChI=1S/C19H21ClN2O5S/c1-12(19(24)27-13(2)17-6-4-5-7-18(17)20)22-28(25,26)16-10-8-15(9-11-16)21-14(3)23/h4-13,22H,1-3H3,(H,21,23)/t12-,13+/m0/s1. The van der Waals surface area contributed by atoms with E-state index in [1.165, 1.54) is 38.1 Å². The summed E-state index contributed by atoms with van der Waals surface area (Å²) in [6, 6.07) is 11.4. The van der Waals surface area contributed by atoms with Gasteiger partial charge in [-0.1, -0.05) is 29.8 Å². The lowest BCUT2D eigenvalue weighted by molar-refractivity contribution is -0.150. The molecule has 0 radical (unpaired) electrons. The topological polar surface area (TPSA) is 102 Å². The molecule has 0 unspecified atom stereocenters. The number of benzene rings is 2. The van der Waals surface area contributed by atoms with Crippen LogP contribution in [-0.2, 0) is 24.3 Å². The van der Waals surface area contributed by atoms with Crippen LogP contribution < -0.4 is 10.0 Å². The number of carbonyl (C=O) groups is 2. The molecule has 150 valence electrons. The van der Waals surface area contributed by atoms with E-state index in [2.05, 4.69) is 10.0 Å². The number of anilines is 1. The quantitative estimate of drug-likeness (QED) is 0.664. The largest absolute Gasteiger partial charge is 0.457 e. The Morgan fingerprint density at radius 3 is 2.21 bits per heavy atom. The van der Waals surface area contributed by atoms with Crippen LogP contribution in [0.1, 0.15) is 32.4 Å². The number of nitrogens with one attached hydrogen (secondary N) is 2. The van der Waals surface area contributed by atoms with E-state index in [-0.39, 0.29) is 10.8 Å². The predicted octanol–water partition coefficient (Wildman–Crippen LogP) is 3.27. The fourth-order valence-electron chi connectivity index (χ4n) is 2.41. The van der Waals surface area contributed by atoms with E-state index in [1.54, 1.807) is 31.2 Å². The summed E-state index contributed by atoms with van der Waals surface area (Å²) >= 11 is 6.08. The summed E-state index contributed by atoms with van der Waals surface area (Å²) < 4.78 is 32.5. The van der Waals surface area contributed by atoms with Crippen LogP contribution in [0.3, 0.4) is 0 Å². The second-order valence-corrected chi connectivity index (χ2v) is 8.27. The van der Waals surface area contributed by atoms with Gasteiger partial charge in [-0.05, 0) is 44.2 Å². The molecule has 0 saturated heterocycles. The molecule has 2 aromatic rings. The molecule has 0 spiro atoms. The van der Waals surface area contributed by atoms with Gasteiger partial charge in [-0.2, -0.15) is 4.72 Å². The Morgan fingerprint density at radius 1 is 1.04 bits per heavy atom. The van der Waals surface area contributed by atoms with Gasteiger partial charge < -0.3 is 10.1 Å². The smallest absolute Gasteiger partial charge is 0.324 e. The first kappa shape index (κ1) is 21.9. The monoisotopic (exact) mass is 424 g/mol. The second kappa shape index (κ2) is 9.18. The van der Waals surface area contributed by atoms with Gasteiger partial charge in [0, 0.05) is 23.2 Å². The third-order valence-electron chi connectivity index (χ3n) is 3.81. The normalized spacial score (nSPS) is 13.4. The van der Waals surface area contributed by atoms with Crippen LogP contribution in [0.5, 0.6) is 0 Å². The van der Waals surface area contributed by atoms with E-state index in [0.717, 1.165) is 0 Å². The Kier molecular flexibility index (Phi) is 7.17.